The molecule has 0 aromatic heterocycles. The predicted octanol–water partition coefficient (Wildman–Crippen LogP) is 3.06. The number of hydrogen-bond acceptors (Lipinski definition) is 2. The zero-order valence-electron chi connectivity index (χ0n) is 8.80. The largest absolute Gasteiger partial charge is 0.330 e. The maximum absolute atomic E-state index is 11.5. The van der Waals surface area contributed by atoms with E-state index in [2.05, 4.69) is 5.32 Å². The quantitative estimate of drug-likeness (QED) is 0.800. The van der Waals surface area contributed by atoms with Crippen LogP contribution in [-0.2, 0) is 4.79 Å². The molecule has 0 bridgehead atoms. The number of unbranched alkanes of at least 4 members (excludes halogenated alkanes) is 1. The molecule has 0 saturated heterocycles. The fraction of sp³-hybridized carbons (Fsp3) is 0.364. The lowest BCUT2D eigenvalue weighted by molar-refractivity contribution is -0.116. The van der Waals surface area contributed by atoms with Gasteiger partial charge in [-0.3, -0.25) is 4.79 Å². The molecule has 0 aliphatic heterocycles. The van der Waals surface area contributed by atoms with E-state index in [-0.39, 0.29) is 5.91 Å². The van der Waals surface area contributed by atoms with E-state index < -0.39 is 0 Å². The number of nitrogens with two attached hydrogens (primary N) is 1. The van der Waals surface area contributed by atoms with Gasteiger partial charge in [0.05, 0.1) is 10.0 Å². The van der Waals surface area contributed by atoms with Gasteiger partial charge in [0.1, 0.15) is 0 Å². The maximum atomic E-state index is 11.5. The highest BCUT2D eigenvalue weighted by molar-refractivity contribution is 6.42. The summed E-state index contributed by atoms with van der Waals surface area (Å²) in [4.78, 5) is 11.5. The molecule has 0 aliphatic rings. The highest BCUT2D eigenvalue weighted by atomic mass is 35.5. The van der Waals surface area contributed by atoms with Crippen molar-refractivity contribution in [3.63, 3.8) is 0 Å². The van der Waals surface area contributed by atoms with Crippen molar-refractivity contribution in [3.8, 4) is 0 Å². The van der Waals surface area contributed by atoms with Gasteiger partial charge >= 0.3 is 0 Å². The molecule has 0 heterocycles. The summed E-state index contributed by atoms with van der Waals surface area (Å²) < 4.78 is 0. The van der Waals surface area contributed by atoms with E-state index >= 15 is 0 Å². The Morgan fingerprint density at radius 1 is 1.25 bits per heavy atom. The van der Waals surface area contributed by atoms with Gasteiger partial charge in [0.2, 0.25) is 5.91 Å². The second-order valence-corrected chi connectivity index (χ2v) is 4.24. The van der Waals surface area contributed by atoms with E-state index in [4.69, 9.17) is 28.9 Å². The van der Waals surface area contributed by atoms with Crippen molar-refractivity contribution in [2.24, 2.45) is 5.73 Å². The van der Waals surface area contributed by atoms with Crippen molar-refractivity contribution < 1.29 is 4.79 Å². The van der Waals surface area contributed by atoms with Crippen LogP contribution >= 0.6 is 23.2 Å². The fourth-order valence-electron chi connectivity index (χ4n) is 1.23. The molecule has 0 aliphatic carbocycles. The van der Waals surface area contributed by atoms with E-state index in [9.17, 15) is 4.79 Å². The van der Waals surface area contributed by atoms with E-state index in [1.165, 1.54) is 0 Å². The number of anilines is 1. The van der Waals surface area contributed by atoms with Crippen molar-refractivity contribution in [3.05, 3.63) is 28.2 Å². The summed E-state index contributed by atoms with van der Waals surface area (Å²) in [6, 6.07) is 5.00. The standard InChI is InChI=1S/C11H14Cl2N2O/c12-9-5-4-8(7-10(9)13)15-11(16)3-1-2-6-14/h4-5,7H,1-3,6,14H2,(H,15,16). The van der Waals surface area contributed by atoms with Crippen LogP contribution in [0.3, 0.4) is 0 Å². The Balaban J connectivity index is 2.46. The zero-order valence-corrected chi connectivity index (χ0v) is 10.3. The number of carbonyl (C=O) groups is 1. The summed E-state index contributed by atoms with van der Waals surface area (Å²) in [6.07, 6.45) is 2.12. The number of nitrogens with one attached hydrogen (secondary N) is 1. The molecule has 88 valence electrons. The van der Waals surface area contributed by atoms with Crippen LogP contribution in [-0.4, -0.2) is 12.5 Å². The molecule has 3 nitrogen and oxygen atoms in total. The first-order valence-corrected chi connectivity index (χ1v) is 5.84. The second-order valence-electron chi connectivity index (χ2n) is 3.42. The monoisotopic (exact) mass is 260 g/mol. The normalized spacial score (nSPS) is 10.2. The first-order chi connectivity index (χ1) is 7.63. The van der Waals surface area contributed by atoms with E-state index in [1.54, 1.807) is 18.2 Å². The lowest BCUT2D eigenvalue weighted by atomic mass is 10.2. The van der Waals surface area contributed by atoms with Gasteiger partial charge in [-0.1, -0.05) is 23.2 Å². The number of halogens is 2. The molecule has 0 radical (unpaired) electrons. The molecule has 0 spiro atoms. The molecule has 1 amide bonds. The van der Waals surface area contributed by atoms with Crippen molar-refractivity contribution >= 4 is 34.8 Å². The molecular formula is C11H14Cl2N2O. The summed E-state index contributed by atoms with van der Waals surface area (Å²) in [7, 11) is 0. The molecule has 3 N–H and O–H groups in total. The van der Waals surface area contributed by atoms with Gasteiger partial charge in [0.15, 0.2) is 0 Å². The van der Waals surface area contributed by atoms with Gasteiger partial charge in [-0.15, -0.1) is 0 Å². The minimum Gasteiger partial charge on any atom is -0.330 e. The third-order valence-corrected chi connectivity index (χ3v) is 2.80. The molecule has 0 fully saturated rings. The van der Waals surface area contributed by atoms with Crippen molar-refractivity contribution in [1.82, 2.24) is 0 Å². The Kier molecular flexibility index (Phi) is 5.60. The van der Waals surface area contributed by atoms with Crippen molar-refractivity contribution in [1.29, 1.82) is 0 Å². The highest BCUT2D eigenvalue weighted by Gasteiger charge is 2.04. The molecular weight excluding hydrogens is 247 g/mol. The van der Waals surface area contributed by atoms with Gasteiger partial charge < -0.3 is 11.1 Å². The van der Waals surface area contributed by atoms with E-state index in [0.29, 0.717) is 28.7 Å². The zero-order chi connectivity index (χ0) is 12.0. The Hall–Kier alpha value is -0.770. The van der Waals surface area contributed by atoms with Crippen LogP contribution in [0.1, 0.15) is 19.3 Å². The summed E-state index contributed by atoms with van der Waals surface area (Å²) in [5.41, 5.74) is 6.00. The minimum atomic E-state index is -0.0353. The topological polar surface area (TPSA) is 55.1 Å². The Bertz CT molecular complexity index is 369. The van der Waals surface area contributed by atoms with Crippen LogP contribution in [0, 0.1) is 0 Å². The fourth-order valence-corrected chi connectivity index (χ4v) is 1.53. The van der Waals surface area contributed by atoms with Gasteiger partial charge in [-0.2, -0.15) is 0 Å². The lowest BCUT2D eigenvalue weighted by Crippen LogP contribution is -2.11. The SMILES string of the molecule is NCCCCC(=O)Nc1ccc(Cl)c(Cl)c1. The number of rotatable bonds is 5. The third kappa shape index (κ3) is 4.39. The summed E-state index contributed by atoms with van der Waals surface area (Å²) in [5, 5.41) is 3.65. The van der Waals surface area contributed by atoms with Gasteiger partial charge in [-0.25, -0.2) is 0 Å². The van der Waals surface area contributed by atoms with Crippen LogP contribution in [0.25, 0.3) is 0 Å². The maximum Gasteiger partial charge on any atom is 0.224 e. The number of hydrogen-bond donors (Lipinski definition) is 2. The average molecular weight is 261 g/mol. The van der Waals surface area contributed by atoms with Crippen LogP contribution in [0.4, 0.5) is 5.69 Å². The van der Waals surface area contributed by atoms with Crippen LogP contribution in [0.2, 0.25) is 10.0 Å². The first kappa shape index (κ1) is 13.3. The minimum absolute atomic E-state index is 0.0353. The second kappa shape index (κ2) is 6.74. The number of carbonyl (C=O) groups excluding carboxylic acids is 1. The molecule has 1 aromatic rings. The Labute approximate surface area is 105 Å². The summed E-state index contributed by atoms with van der Waals surface area (Å²) in [5.74, 6) is -0.0353. The molecule has 0 saturated carbocycles. The smallest absolute Gasteiger partial charge is 0.224 e. The Morgan fingerprint density at radius 2 is 2.00 bits per heavy atom. The molecule has 0 atom stereocenters. The molecule has 1 aromatic carbocycles. The average Bonchev–Trinajstić information content (AvgIpc) is 2.24. The number of benzene rings is 1. The highest BCUT2D eigenvalue weighted by Crippen LogP contribution is 2.25. The van der Waals surface area contributed by atoms with Gasteiger partial charge in [-0.05, 0) is 37.6 Å². The molecule has 16 heavy (non-hydrogen) atoms. The first-order valence-electron chi connectivity index (χ1n) is 5.08. The van der Waals surface area contributed by atoms with E-state index in [1.807, 2.05) is 0 Å². The molecule has 5 heteroatoms. The van der Waals surface area contributed by atoms with Crippen LogP contribution < -0.4 is 11.1 Å². The van der Waals surface area contributed by atoms with Crippen LogP contribution in [0.5, 0.6) is 0 Å². The van der Waals surface area contributed by atoms with E-state index in [0.717, 1.165) is 12.8 Å². The van der Waals surface area contributed by atoms with Crippen LogP contribution in [0.15, 0.2) is 18.2 Å². The van der Waals surface area contributed by atoms with Gasteiger partial charge in [0, 0.05) is 12.1 Å². The molecule has 0 unspecified atom stereocenters. The summed E-state index contributed by atoms with van der Waals surface area (Å²) in [6.45, 7) is 0.611. The lowest BCUT2D eigenvalue weighted by Gasteiger charge is -2.05. The third-order valence-electron chi connectivity index (χ3n) is 2.06. The predicted molar refractivity (Wildman–Crippen MR) is 68.0 cm³/mol. The summed E-state index contributed by atoms with van der Waals surface area (Å²) >= 11 is 11.6. The molecule has 1 rings (SSSR count). The van der Waals surface area contributed by atoms with Gasteiger partial charge in [0.25, 0.3) is 0 Å². The van der Waals surface area contributed by atoms with Crippen molar-refractivity contribution in [2.75, 3.05) is 11.9 Å². The van der Waals surface area contributed by atoms with Crippen molar-refractivity contribution in [2.45, 2.75) is 19.3 Å². The Morgan fingerprint density at radius 3 is 2.62 bits per heavy atom. The number of amides is 1.